The Bertz CT molecular complexity index is 618. The molecule has 0 radical (unpaired) electrons. The van der Waals surface area contributed by atoms with Crippen molar-refractivity contribution in [2.45, 2.75) is 18.5 Å². The second kappa shape index (κ2) is 5.60. The van der Waals surface area contributed by atoms with Gasteiger partial charge in [0.05, 0.1) is 16.8 Å². The van der Waals surface area contributed by atoms with Crippen molar-refractivity contribution in [1.82, 2.24) is 4.98 Å². The van der Waals surface area contributed by atoms with Gasteiger partial charge in [-0.25, -0.2) is 0 Å². The van der Waals surface area contributed by atoms with Gasteiger partial charge in [-0.2, -0.15) is 26.3 Å². The van der Waals surface area contributed by atoms with E-state index >= 15 is 0 Å². The molecule has 1 atom stereocenters. The molecule has 0 saturated carbocycles. The predicted molar refractivity (Wildman–Crippen MR) is 64.7 cm³/mol. The number of hydrogen-bond donors (Lipinski definition) is 1. The molecule has 118 valence electrons. The fourth-order valence-corrected chi connectivity index (χ4v) is 1.85. The zero-order chi connectivity index (χ0) is 16.5. The van der Waals surface area contributed by atoms with Crippen LogP contribution >= 0.6 is 0 Å². The van der Waals surface area contributed by atoms with E-state index in [9.17, 15) is 31.4 Å². The molecule has 1 heterocycles. The van der Waals surface area contributed by atoms with Crippen molar-refractivity contribution in [3.8, 4) is 0 Å². The zero-order valence-corrected chi connectivity index (χ0v) is 10.8. The molecule has 1 N–H and O–H groups in total. The Kier molecular flexibility index (Phi) is 4.15. The van der Waals surface area contributed by atoms with Crippen LogP contribution in [0.1, 0.15) is 28.5 Å². The van der Waals surface area contributed by atoms with E-state index in [2.05, 4.69) is 4.98 Å². The monoisotopic (exact) mass is 321 g/mol. The summed E-state index contributed by atoms with van der Waals surface area (Å²) >= 11 is 0. The minimum atomic E-state index is -4.96. The number of benzene rings is 1. The van der Waals surface area contributed by atoms with Crippen molar-refractivity contribution in [3.63, 3.8) is 0 Å². The summed E-state index contributed by atoms with van der Waals surface area (Å²) in [5, 5.41) is 9.98. The highest BCUT2D eigenvalue weighted by Crippen LogP contribution is 2.38. The third-order valence-corrected chi connectivity index (χ3v) is 2.89. The Balaban J connectivity index is 2.56. The van der Waals surface area contributed by atoms with Gasteiger partial charge in [0.25, 0.3) is 0 Å². The highest BCUT2D eigenvalue weighted by Gasteiger charge is 2.37. The van der Waals surface area contributed by atoms with Crippen LogP contribution < -0.4 is 0 Å². The lowest BCUT2D eigenvalue weighted by Gasteiger charge is -2.17. The summed E-state index contributed by atoms with van der Waals surface area (Å²) in [6.45, 7) is 0. The molecule has 0 aliphatic rings. The topological polar surface area (TPSA) is 33.1 Å². The van der Waals surface area contributed by atoms with E-state index in [1.807, 2.05) is 0 Å². The van der Waals surface area contributed by atoms with Gasteiger partial charge in [0.15, 0.2) is 0 Å². The fraction of sp³-hybridized carbons (Fsp3) is 0.214. The second-order valence-corrected chi connectivity index (χ2v) is 4.50. The van der Waals surface area contributed by atoms with Crippen LogP contribution in [-0.4, -0.2) is 10.1 Å². The maximum Gasteiger partial charge on any atom is 0.416 e. The number of rotatable bonds is 2. The van der Waals surface area contributed by atoms with Crippen molar-refractivity contribution < 1.29 is 31.4 Å². The number of alkyl halides is 6. The Morgan fingerprint density at radius 2 is 1.41 bits per heavy atom. The van der Waals surface area contributed by atoms with Crippen LogP contribution in [-0.2, 0) is 12.4 Å². The highest BCUT2D eigenvalue weighted by molar-refractivity contribution is 5.37. The van der Waals surface area contributed by atoms with E-state index < -0.39 is 35.1 Å². The van der Waals surface area contributed by atoms with Crippen LogP contribution in [0.3, 0.4) is 0 Å². The Labute approximate surface area is 121 Å². The molecule has 0 aliphatic heterocycles. The minimum absolute atomic E-state index is 0.00857. The molecule has 0 bridgehead atoms. The maximum atomic E-state index is 12.7. The van der Waals surface area contributed by atoms with E-state index in [1.165, 1.54) is 24.4 Å². The molecular weight excluding hydrogens is 312 g/mol. The Morgan fingerprint density at radius 3 is 1.82 bits per heavy atom. The van der Waals surface area contributed by atoms with Crippen molar-refractivity contribution in [2.75, 3.05) is 0 Å². The van der Waals surface area contributed by atoms with Gasteiger partial charge in [-0.05, 0) is 35.9 Å². The molecular formula is C14H9F6NO. The third-order valence-electron chi connectivity index (χ3n) is 2.89. The number of nitrogens with zero attached hydrogens (tertiary/aromatic N) is 1. The lowest BCUT2D eigenvalue weighted by atomic mass is 9.99. The summed E-state index contributed by atoms with van der Waals surface area (Å²) < 4.78 is 76.4. The minimum Gasteiger partial charge on any atom is -0.382 e. The van der Waals surface area contributed by atoms with E-state index in [-0.39, 0.29) is 11.8 Å². The van der Waals surface area contributed by atoms with Gasteiger partial charge in [-0.1, -0.05) is 6.07 Å². The van der Waals surface area contributed by atoms with Gasteiger partial charge in [-0.15, -0.1) is 0 Å². The van der Waals surface area contributed by atoms with Crippen LogP contribution in [0.5, 0.6) is 0 Å². The van der Waals surface area contributed by atoms with E-state index in [0.717, 1.165) is 0 Å². The summed E-state index contributed by atoms with van der Waals surface area (Å²) in [5.74, 6) is 0. The first-order valence-corrected chi connectivity index (χ1v) is 5.97. The van der Waals surface area contributed by atoms with Crippen LogP contribution in [0, 0.1) is 0 Å². The summed E-state index contributed by atoms with van der Waals surface area (Å²) in [6, 6.07) is 5.24. The average molecular weight is 321 g/mol. The van der Waals surface area contributed by atoms with Crippen molar-refractivity contribution in [3.05, 3.63) is 65.0 Å². The average Bonchev–Trinajstić information content (AvgIpc) is 2.45. The molecule has 22 heavy (non-hydrogen) atoms. The summed E-state index contributed by atoms with van der Waals surface area (Å²) in [7, 11) is 0. The Morgan fingerprint density at radius 1 is 0.864 bits per heavy atom. The summed E-state index contributed by atoms with van der Waals surface area (Å²) in [4.78, 5) is 3.73. The normalized spacial score (nSPS) is 14.0. The smallest absolute Gasteiger partial charge is 0.382 e. The van der Waals surface area contributed by atoms with Gasteiger partial charge in [-0.3, -0.25) is 4.98 Å². The van der Waals surface area contributed by atoms with Gasteiger partial charge < -0.3 is 5.11 Å². The first-order valence-electron chi connectivity index (χ1n) is 5.97. The van der Waals surface area contributed by atoms with E-state index in [1.54, 1.807) is 0 Å². The summed E-state index contributed by atoms with van der Waals surface area (Å²) in [5.41, 5.74) is -3.53. The molecule has 2 nitrogen and oxygen atoms in total. The van der Waals surface area contributed by atoms with Gasteiger partial charge >= 0.3 is 12.4 Å². The number of pyridine rings is 1. The molecule has 1 unspecified atom stereocenters. The van der Waals surface area contributed by atoms with E-state index in [4.69, 9.17) is 0 Å². The molecule has 0 spiro atoms. The molecule has 1 aromatic carbocycles. The molecule has 0 fully saturated rings. The number of halogens is 6. The lowest BCUT2D eigenvalue weighted by molar-refractivity contribution is -0.143. The second-order valence-electron chi connectivity index (χ2n) is 4.50. The number of aliphatic hydroxyl groups excluding tert-OH is 1. The van der Waals surface area contributed by atoms with Crippen molar-refractivity contribution in [2.24, 2.45) is 0 Å². The quantitative estimate of drug-likeness (QED) is 0.841. The lowest BCUT2D eigenvalue weighted by Crippen LogP contribution is -2.13. The SMILES string of the molecule is OC(c1cc(C(F)(F)F)cc(C(F)(F)F)c1)c1ccccn1. The molecule has 0 amide bonds. The van der Waals surface area contributed by atoms with Gasteiger partial charge in [0.2, 0.25) is 0 Å². The molecule has 0 aliphatic carbocycles. The first-order chi connectivity index (χ1) is 10.1. The fourth-order valence-electron chi connectivity index (χ4n) is 1.85. The molecule has 1 aromatic heterocycles. The highest BCUT2D eigenvalue weighted by atomic mass is 19.4. The predicted octanol–water partition coefficient (Wildman–Crippen LogP) is 4.20. The Hall–Kier alpha value is -2.09. The zero-order valence-electron chi connectivity index (χ0n) is 10.8. The van der Waals surface area contributed by atoms with Crippen molar-refractivity contribution in [1.29, 1.82) is 0 Å². The van der Waals surface area contributed by atoms with Gasteiger partial charge in [0, 0.05) is 6.20 Å². The first kappa shape index (κ1) is 16.3. The van der Waals surface area contributed by atoms with Crippen LogP contribution in [0.15, 0.2) is 42.6 Å². The molecule has 2 rings (SSSR count). The number of aliphatic hydroxyl groups is 1. The molecule has 8 heteroatoms. The number of hydrogen-bond acceptors (Lipinski definition) is 2. The molecule has 2 aromatic rings. The summed E-state index contributed by atoms with van der Waals surface area (Å²) in [6.07, 6.45) is -10.3. The molecule has 0 saturated heterocycles. The third kappa shape index (κ3) is 3.56. The number of aromatic nitrogens is 1. The van der Waals surface area contributed by atoms with Crippen LogP contribution in [0.2, 0.25) is 0 Å². The standard InChI is InChI=1S/C14H9F6NO/c15-13(16,17)9-5-8(6-10(7-9)14(18,19)20)12(22)11-3-1-2-4-21-11/h1-7,12,22H. The largest absolute Gasteiger partial charge is 0.416 e. The van der Waals surface area contributed by atoms with Crippen LogP contribution in [0.4, 0.5) is 26.3 Å². The van der Waals surface area contributed by atoms with E-state index in [0.29, 0.717) is 12.1 Å². The maximum absolute atomic E-state index is 12.7. The van der Waals surface area contributed by atoms with Gasteiger partial charge in [0.1, 0.15) is 6.10 Å². The van der Waals surface area contributed by atoms with Crippen LogP contribution in [0.25, 0.3) is 0 Å². The van der Waals surface area contributed by atoms with Crippen molar-refractivity contribution >= 4 is 0 Å².